The van der Waals surface area contributed by atoms with E-state index in [0.29, 0.717) is 10.7 Å². The molecular weight excluding hydrogens is 212 g/mol. The molecule has 0 spiro atoms. The van der Waals surface area contributed by atoms with E-state index in [0.717, 1.165) is 30.6 Å². The van der Waals surface area contributed by atoms with E-state index >= 15 is 0 Å². The van der Waals surface area contributed by atoms with Gasteiger partial charge in [0.2, 0.25) is 0 Å². The lowest BCUT2D eigenvalue weighted by atomic mass is 10.3. The number of piperidine rings is 1. The van der Waals surface area contributed by atoms with Crippen LogP contribution in [0.15, 0.2) is 12.3 Å². The highest BCUT2D eigenvalue weighted by atomic mass is 35.5. The van der Waals surface area contributed by atoms with Gasteiger partial charge in [-0.05, 0) is 24.3 Å². The summed E-state index contributed by atoms with van der Waals surface area (Å²) in [6.45, 7) is 2.19. The smallest absolute Gasteiger partial charge is 0.0868 e. The first kappa shape index (κ1) is 9.43. The number of hydrogen-bond donors (Lipinski definition) is 1. The third kappa shape index (κ3) is 1.60. The van der Waals surface area contributed by atoms with Gasteiger partial charge in [0, 0.05) is 13.1 Å². The summed E-state index contributed by atoms with van der Waals surface area (Å²) in [4.78, 5) is 6.49. The Morgan fingerprint density at radius 1 is 1.47 bits per heavy atom. The van der Waals surface area contributed by atoms with Gasteiger partial charge in [0.25, 0.3) is 0 Å². The number of nitrogens with zero attached hydrogens (tertiary/aromatic N) is 2. The molecule has 1 aromatic rings. The fourth-order valence-electron chi connectivity index (χ4n) is 2.35. The number of aliphatic hydroxyl groups is 1. The normalized spacial score (nSPS) is 28.0. The maximum absolute atomic E-state index is 8.96. The first-order valence-corrected chi connectivity index (χ1v) is 5.66. The molecule has 1 aliphatic carbocycles. The highest BCUT2D eigenvalue weighted by Gasteiger charge is 2.45. The second-order valence-corrected chi connectivity index (χ2v) is 4.85. The molecule has 0 radical (unpaired) electrons. The van der Waals surface area contributed by atoms with Crippen molar-refractivity contribution in [2.24, 2.45) is 11.8 Å². The number of aliphatic hydroxyl groups excluding tert-OH is 1. The zero-order valence-electron chi connectivity index (χ0n) is 8.36. The van der Waals surface area contributed by atoms with Crippen LogP contribution >= 0.6 is 11.6 Å². The Morgan fingerprint density at radius 3 is 2.80 bits per heavy atom. The molecule has 0 aromatic carbocycles. The predicted molar refractivity (Wildman–Crippen MR) is 59.0 cm³/mol. The highest BCUT2D eigenvalue weighted by molar-refractivity contribution is 6.31. The Balaban J connectivity index is 1.83. The van der Waals surface area contributed by atoms with E-state index in [1.54, 1.807) is 0 Å². The number of rotatable bonds is 2. The van der Waals surface area contributed by atoms with Crippen LogP contribution in [-0.4, -0.2) is 23.2 Å². The topological polar surface area (TPSA) is 36.4 Å². The first-order chi connectivity index (χ1) is 7.28. The Kier molecular flexibility index (Phi) is 2.11. The van der Waals surface area contributed by atoms with Crippen LogP contribution in [0.2, 0.25) is 5.02 Å². The van der Waals surface area contributed by atoms with E-state index in [2.05, 4.69) is 9.88 Å². The van der Waals surface area contributed by atoms with Crippen molar-refractivity contribution in [2.75, 3.05) is 18.0 Å². The monoisotopic (exact) mass is 224 g/mol. The summed E-state index contributed by atoms with van der Waals surface area (Å²) in [7, 11) is 0. The lowest BCUT2D eigenvalue weighted by molar-refractivity contribution is 0.277. The molecular formula is C11H13ClN2O. The van der Waals surface area contributed by atoms with Crippen LogP contribution in [0.25, 0.3) is 0 Å². The van der Waals surface area contributed by atoms with Gasteiger partial charge >= 0.3 is 0 Å². The van der Waals surface area contributed by atoms with Gasteiger partial charge in [-0.15, -0.1) is 0 Å². The maximum atomic E-state index is 8.96. The Bertz CT molecular complexity index is 386. The van der Waals surface area contributed by atoms with Crippen molar-refractivity contribution in [3.8, 4) is 0 Å². The largest absolute Gasteiger partial charge is 0.390 e. The van der Waals surface area contributed by atoms with Crippen molar-refractivity contribution in [2.45, 2.75) is 13.0 Å². The van der Waals surface area contributed by atoms with Gasteiger partial charge in [-0.1, -0.05) is 11.6 Å². The molecule has 15 heavy (non-hydrogen) atoms. The average Bonchev–Trinajstić information content (AvgIpc) is 2.86. The van der Waals surface area contributed by atoms with Crippen LogP contribution in [-0.2, 0) is 6.61 Å². The SMILES string of the molecule is OCc1ncc(N2CC3CC3C2)cc1Cl. The Morgan fingerprint density at radius 2 is 2.20 bits per heavy atom. The molecule has 1 aromatic heterocycles. The van der Waals surface area contributed by atoms with E-state index in [1.807, 2.05) is 12.3 Å². The lowest BCUT2D eigenvalue weighted by Gasteiger charge is -2.20. The van der Waals surface area contributed by atoms with E-state index in [1.165, 1.54) is 6.42 Å². The van der Waals surface area contributed by atoms with Gasteiger partial charge in [-0.2, -0.15) is 0 Å². The van der Waals surface area contributed by atoms with Crippen molar-refractivity contribution in [3.05, 3.63) is 23.0 Å². The van der Waals surface area contributed by atoms with Crippen LogP contribution in [0, 0.1) is 11.8 Å². The molecule has 1 saturated carbocycles. The summed E-state index contributed by atoms with van der Waals surface area (Å²) >= 11 is 6.01. The summed E-state index contributed by atoms with van der Waals surface area (Å²) < 4.78 is 0. The van der Waals surface area contributed by atoms with E-state index in [-0.39, 0.29) is 6.61 Å². The number of aromatic nitrogens is 1. The summed E-state index contributed by atoms with van der Waals surface area (Å²) in [5.41, 5.74) is 1.65. The fraction of sp³-hybridized carbons (Fsp3) is 0.545. The second kappa shape index (κ2) is 3.35. The minimum atomic E-state index is -0.0929. The van der Waals surface area contributed by atoms with Gasteiger partial charge < -0.3 is 10.0 Å². The zero-order valence-corrected chi connectivity index (χ0v) is 9.11. The molecule has 1 saturated heterocycles. The average molecular weight is 225 g/mol. The Hall–Kier alpha value is -0.800. The van der Waals surface area contributed by atoms with E-state index in [9.17, 15) is 0 Å². The number of anilines is 1. The molecule has 80 valence electrons. The van der Waals surface area contributed by atoms with Crippen LogP contribution in [0.1, 0.15) is 12.1 Å². The second-order valence-electron chi connectivity index (χ2n) is 4.44. The summed E-state index contributed by atoms with van der Waals surface area (Å²) in [5.74, 6) is 1.81. The zero-order chi connectivity index (χ0) is 10.4. The summed E-state index contributed by atoms with van der Waals surface area (Å²) in [5, 5.41) is 9.53. The van der Waals surface area contributed by atoms with Crippen LogP contribution in [0.3, 0.4) is 0 Å². The standard InChI is InChI=1S/C11H13ClN2O/c12-10-2-9(3-13-11(10)6-15)14-4-7-1-8(7)5-14/h2-3,7-8,15H,1,4-6H2. The van der Waals surface area contributed by atoms with Gasteiger partial charge in [0.1, 0.15) is 0 Å². The minimum Gasteiger partial charge on any atom is -0.390 e. The molecule has 3 nitrogen and oxygen atoms in total. The molecule has 1 N–H and O–H groups in total. The van der Waals surface area contributed by atoms with Gasteiger partial charge in [-0.25, -0.2) is 0 Å². The Labute approximate surface area is 93.7 Å². The number of halogens is 1. The van der Waals surface area contributed by atoms with Crippen molar-refractivity contribution < 1.29 is 5.11 Å². The number of hydrogen-bond acceptors (Lipinski definition) is 3. The molecule has 2 aliphatic rings. The van der Waals surface area contributed by atoms with Gasteiger partial charge in [0.15, 0.2) is 0 Å². The minimum absolute atomic E-state index is 0.0929. The third-order valence-corrected chi connectivity index (χ3v) is 3.72. The molecule has 2 atom stereocenters. The van der Waals surface area contributed by atoms with Gasteiger partial charge in [-0.3, -0.25) is 4.98 Å². The molecule has 1 aliphatic heterocycles. The maximum Gasteiger partial charge on any atom is 0.0868 e. The van der Waals surface area contributed by atoms with Crippen LogP contribution < -0.4 is 4.90 Å². The number of pyridine rings is 1. The molecule has 0 amide bonds. The lowest BCUT2D eigenvalue weighted by Crippen LogP contribution is -2.21. The summed E-state index contributed by atoms with van der Waals surface area (Å²) in [6.07, 6.45) is 3.20. The third-order valence-electron chi connectivity index (χ3n) is 3.40. The summed E-state index contributed by atoms with van der Waals surface area (Å²) in [6, 6.07) is 1.91. The quantitative estimate of drug-likeness (QED) is 0.831. The molecule has 2 fully saturated rings. The first-order valence-electron chi connectivity index (χ1n) is 5.28. The van der Waals surface area contributed by atoms with Crippen LogP contribution in [0.4, 0.5) is 5.69 Å². The molecule has 4 heteroatoms. The predicted octanol–water partition coefficient (Wildman–Crippen LogP) is 1.68. The molecule has 2 unspecified atom stereocenters. The molecule has 0 bridgehead atoms. The van der Waals surface area contributed by atoms with Crippen molar-refractivity contribution in [1.82, 2.24) is 4.98 Å². The van der Waals surface area contributed by atoms with Crippen molar-refractivity contribution in [1.29, 1.82) is 0 Å². The number of fused-ring (bicyclic) bond motifs is 1. The van der Waals surface area contributed by atoms with E-state index < -0.39 is 0 Å². The van der Waals surface area contributed by atoms with Crippen molar-refractivity contribution >= 4 is 17.3 Å². The molecule has 2 heterocycles. The van der Waals surface area contributed by atoms with Gasteiger partial charge in [0.05, 0.1) is 29.2 Å². The van der Waals surface area contributed by atoms with Crippen LogP contribution in [0.5, 0.6) is 0 Å². The highest BCUT2D eigenvalue weighted by Crippen LogP contribution is 2.46. The van der Waals surface area contributed by atoms with Crippen molar-refractivity contribution in [3.63, 3.8) is 0 Å². The van der Waals surface area contributed by atoms with E-state index in [4.69, 9.17) is 16.7 Å². The molecule has 3 rings (SSSR count). The fourth-order valence-corrected chi connectivity index (χ4v) is 2.57.